The van der Waals surface area contributed by atoms with E-state index in [1.54, 1.807) is 7.05 Å². The van der Waals surface area contributed by atoms with Crippen molar-refractivity contribution in [2.45, 2.75) is 42.9 Å². The molecular weight excluding hydrogens is 453 g/mol. The quantitative estimate of drug-likeness (QED) is 0.283. The first kappa shape index (κ1) is 24.7. The zero-order chi connectivity index (χ0) is 24.0. The molecule has 1 saturated carbocycles. The molecule has 13 heteroatoms. The molecule has 0 bridgehead atoms. The topological polar surface area (TPSA) is 145 Å². The first-order chi connectivity index (χ1) is 15.6. The van der Waals surface area contributed by atoms with Crippen LogP contribution in [0.3, 0.4) is 0 Å². The molecule has 1 saturated heterocycles. The van der Waals surface area contributed by atoms with E-state index in [9.17, 15) is 28.1 Å². The minimum atomic E-state index is -4.24. The Morgan fingerprint density at radius 3 is 2.24 bits per heavy atom. The van der Waals surface area contributed by atoms with Crippen LogP contribution in [0.2, 0.25) is 0 Å². The predicted octanol–water partition coefficient (Wildman–Crippen LogP) is 0.885. The molecule has 0 radical (unpaired) electrons. The van der Waals surface area contributed by atoms with Crippen LogP contribution >= 0.6 is 0 Å². The van der Waals surface area contributed by atoms with Crippen LogP contribution in [0.1, 0.15) is 32.1 Å². The lowest BCUT2D eigenvalue weighted by molar-refractivity contribution is -0.384. The van der Waals surface area contributed by atoms with Gasteiger partial charge in [0.2, 0.25) is 10.0 Å². The molecule has 0 aromatic heterocycles. The molecule has 0 amide bonds. The molecular formula is C20H24BN3O8S. The maximum absolute atomic E-state index is 12.9. The Kier molecular flexibility index (Phi) is 8.07. The summed E-state index contributed by atoms with van der Waals surface area (Å²) in [6, 6.07) is 4.28. The average molecular weight is 477 g/mol. The molecule has 176 valence electrons. The van der Waals surface area contributed by atoms with Gasteiger partial charge in [0.1, 0.15) is 5.94 Å². The van der Waals surface area contributed by atoms with Gasteiger partial charge in [-0.3, -0.25) is 24.6 Å². The van der Waals surface area contributed by atoms with Crippen molar-refractivity contribution >= 4 is 34.8 Å². The molecule has 2 aliphatic rings. The zero-order valence-corrected chi connectivity index (χ0v) is 18.9. The summed E-state index contributed by atoms with van der Waals surface area (Å²) in [6.07, 6.45) is 4.87. The number of hydrogen-bond donors (Lipinski definition) is 1. The maximum Gasteiger partial charge on any atom is 0.631 e. The number of nitro benzene ring substituents is 1. The van der Waals surface area contributed by atoms with Crippen LogP contribution in [0.5, 0.6) is 0 Å². The Bertz CT molecular complexity index is 1040. The second-order valence-corrected chi connectivity index (χ2v) is 9.71. The number of carbonyl (C=O) groups excluding carboxylic acids is 2. The summed E-state index contributed by atoms with van der Waals surface area (Å²) < 4.78 is 38.7. The van der Waals surface area contributed by atoms with Crippen molar-refractivity contribution < 1.29 is 32.2 Å². The van der Waals surface area contributed by atoms with E-state index in [1.807, 2.05) is 0 Å². The third-order valence-electron chi connectivity index (χ3n) is 5.25. The lowest BCUT2D eigenvalue weighted by Gasteiger charge is -2.25. The smallest absolute Gasteiger partial charge is 0.497 e. The van der Waals surface area contributed by atoms with E-state index in [2.05, 4.69) is 16.6 Å². The van der Waals surface area contributed by atoms with Gasteiger partial charge in [0, 0.05) is 18.1 Å². The summed E-state index contributed by atoms with van der Waals surface area (Å²) in [7, 11) is -4.28. The number of sulfonamides is 1. The predicted molar refractivity (Wildman–Crippen MR) is 117 cm³/mol. The van der Waals surface area contributed by atoms with Crippen LogP contribution in [0.25, 0.3) is 0 Å². The van der Waals surface area contributed by atoms with Crippen molar-refractivity contribution in [2.24, 2.45) is 5.92 Å². The third-order valence-corrected chi connectivity index (χ3v) is 6.71. The summed E-state index contributed by atoms with van der Waals surface area (Å²) >= 11 is 0. The molecule has 1 aromatic rings. The Morgan fingerprint density at radius 2 is 1.70 bits per heavy atom. The van der Waals surface area contributed by atoms with Gasteiger partial charge >= 0.3 is 19.1 Å². The Labute approximate surface area is 192 Å². The van der Waals surface area contributed by atoms with Crippen LogP contribution in [0, 0.1) is 27.9 Å². The minimum Gasteiger partial charge on any atom is -0.497 e. The van der Waals surface area contributed by atoms with E-state index in [1.165, 1.54) is 4.90 Å². The number of benzene rings is 1. The number of non-ortho nitro benzene ring substituents is 1. The standard InChI is InChI=1S/C20H24BN3O8S/c1-23-13-19(25)31-21(32-20(26)14-23)18(12-7-15-5-3-2-4-6-15)22-33(29,30)17-10-8-16(9-11-17)24(27)28/h8-11,15,18,22H,2-6,13-14H2,1H3. The number of nitrogens with zero attached hydrogens (tertiary/aromatic N) is 2. The highest BCUT2D eigenvalue weighted by molar-refractivity contribution is 7.89. The molecule has 3 rings (SSSR count). The number of carbonyl (C=O) groups is 2. The van der Waals surface area contributed by atoms with Crippen LogP contribution in [-0.2, 0) is 28.9 Å². The number of rotatable bonds is 5. The van der Waals surface area contributed by atoms with Crippen LogP contribution in [0.4, 0.5) is 5.69 Å². The Hall–Kier alpha value is -2.95. The zero-order valence-electron chi connectivity index (χ0n) is 18.1. The summed E-state index contributed by atoms with van der Waals surface area (Å²) in [5, 5.41) is 10.8. The van der Waals surface area contributed by atoms with Crippen LogP contribution in [0.15, 0.2) is 29.2 Å². The van der Waals surface area contributed by atoms with Crippen molar-refractivity contribution in [3.63, 3.8) is 0 Å². The fraction of sp³-hybridized carbons (Fsp3) is 0.500. The van der Waals surface area contributed by atoms with Crippen molar-refractivity contribution in [2.75, 3.05) is 20.1 Å². The van der Waals surface area contributed by atoms with E-state index in [0.717, 1.165) is 56.4 Å². The van der Waals surface area contributed by atoms with Gasteiger partial charge in [-0.25, -0.2) is 8.42 Å². The minimum absolute atomic E-state index is 0.0521. The Morgan fingerprint density at radius 1 is 1.12 bits per heavy atom. The summed E-state index contributed by atoms with van der Waals surface area (Å²) in [5.41, 5.74) is -0.269. The van der Waals surface area contributed by atoms with Gasteiger partial charge in [0.25, 0.3) is 5.69 Å². The molecule has 33 heavy (non-hydrogen) atoms. The largest absolute Gasteiger partial charge is 0.631 e. The molecule has 1 aliphatic carbocycles. The molecule has 1 heterocycles. The van der Waals surface area contributed by atoms with Gasteiger partial charge in [-0.05, 0) is 32.0 Å². The van der Waals surface area contributed by atoms with Crippen molar-refractivity contribution in [1.82, 2.24) is 9.62 Å². The van der Waals surface area contributed by atoms with Crippen molar-refractivity contribution in [3.8, 4) is 11.8 Å². The van der Waals surface area contributed by atoms with E-state index >= 15 is 0 Å². The summed E-state index contributed by atoms with van der Waals surface area (Å²) in [5.74, 6) is 3.13. The van der Waals surface area contributed by atoms with Gasteiger partial charge in [0.05, 0.1) is 22.9 Å². The van der Waals surface area contributed by atoms with Gasteiger partial charge in [-0.15, -0.1) is 0 Å². The molecule has 2 fully saturated rings. The molecule has 0 spiro atoms. The van der Waals surface area contributed by atoms with Crippen LogP contribution in [-0.4, -0.2) is 63.4 Å². The van der Waals surface area contributed by atoms with E-state index < -0.39 is 39.9 Å². The maximum atomic E-state index is 12.9. The Balaban J connectivity index is 1.88. The average Bonchev–Trinajstić information content (AvgIpc) is 2.75. The van der Waals surface area contributed by atoms with Crippen molar-refractivity contribution in [1.29, 1.82) is 0 Å². The fourth-order valence-electron chi connectivity index (χ4n) is 3.58. The monoisotopic (exact) mass is 477 g/mol. The second kappa shape index (κ2) is 10.8. The highest BCUT2D eigenvalue weighted by atomic mass is 32.2. The first-order valence-electron chi connectivity index (χ1n) is 10.5. The lowest BCUT2D eigenvalue weighted by atomic mass is 9.78. The van der Waals surface area contributed by atoms with E-state index in [-0.39, 0.29) is 29.6 Å². The third kappa shape index (κ3) is 7.02. The summed E-state index contributed by atoms with van der Waals surface area (Å²) in [6.45, 7) is -0.354. The SMILES string of the molecule is CN1CC(=O)OB(C(C#CC2CCCCC2)NS(=O)(=O)c2ccc([N+](=O)[O-])cc2)OC(=O)C1. The van der Waals surface area contributed by atoms with Crippen molar-refractivity contribution in [3.05, 3.63) is 34.4 Å². The highest BCUT2D eigenvalue weighted by Gasteiger charge is 2.41. The van der Waals surface area contributed by atoms with Gasteiger partial charge in [0.15, 0.2) is 0 Å². The highest BCUT2D eigenvalue weighted by Crippen LogP contribution is 2.23. The molecule has 1 aliphatic heterocycles. The second-order valence-electron chi connectivity index (χ2n) is 7.99. The van der Waals surface area contributed by atoms with Gasteiger partial charge in [-0.2, -0.15) is 4.72 Å². The van der Waals surface area contributed by atoms with Gasteiger partial charge < -0.3 is 9.31 Å². The normalized spacial score (nSPS) is 19.4. The van der Waals surface area contributed by atoms with Gasteiger partial charge in [-0.1, -0.05) is 31.1 Å². The molecule has 11 nitrogen and oxygen atoms in total. The van der Waals surface area contributed by atoms with E-state index in [4.69, 9.17) is 9.31 Å². The molecule has 1 atom stereocenters. The lowest BCUT2D eigenvalue weighted by Crippen LogP contribution is -2.53. The first-order valence-corrected chi connectivity index (χ1v) is 12.0. The van der Waals surface area contributed by atoms with Crippen LogP contribution < -0.4 is 4.72 Å². The molecule has 1 aromatic carbocycles. The number of hydrogen-bond acceptors (Lipinski definition) is 9. The number of nitrogens with one attached hydrogen (secondary N) is 1. The summed E-state index contributed by atoms with van der Waals surface area (Å²) in [4.78, 5) is 35.7. The molecule has 1 N–H and O–H groups in total. The number of likely N-dealkylation sites (N-methyl/N-ethyl adjacent to an activating group) is 1. The molecule has 1 unspecified atom stereocenters. The number of nitro groups is 1. The fourth-order valence-corrected chi connectivity index (χ4v) is 4.72. The van der Waals surface area contributed by atoms with E-state index in [0.29, 0.717) is 0 Å².